The first-order valence-corrected chi connectivity index (χ1v) is 7.77. The van der Waals surface area contributed by atoms with E-state index in [1.54, 1.807) is 0 Å². The highest BCUT2D eigenvalue weighted by Gasteiger charge is 2.20. The summed E-state index contributed by atoms with van der Waals surface area (Å²) in [5.41, 5.74) is 5.15. The van der Waals surface area contributed by atoms with Gasteiger partial charge in [-0.1, -0.05) is 31.2 Å². The zero-order valence-corrected chi connectivity index (χ0v) is 12.6. The van der Waals surface area contributed by atoms with Gasteiger partial charge in [0.15, 0.2) is 0 Å². The van der Waals surface area contributed by atoms with Crippen LogP contribution in [0.15, 0.2) is 36.5 Å². The Kier molecular flexibility index (Phi) is 4.09. The summed E-state index contributed by atoms with van der Waals surface area (Å²) >= 11 is 0. The van der Waals surface area contributed by atoms with Crippen molar-refractivity contribution < 1.29 is 4.79 Å². The fourth-order valence-corrected chi connectivity index (χ4v) is 2.91. The lowest BCUT2D eigenvalue weighted by molar-refractivity contribution is -0.132. The monoisotopic (exact) mass is 282 g/mol. The Bertz CT molecular complexity index is 612. The van der Waals surface area contributed by atoms with E-state index in [9.17, 15) is 4.79 Å². The number of aryl methyl sites for hydroxylation is 2. The number of carbonyl (C=O) groups is 1. The lowest BCUT2D eigenvalue weighted by Crippen LogP contribution is -2.35. The summed E-state index contributed by atoms with van der Waals surface area (Å²) in [5, 5.41) is 0. The van der Waals surface area contributed by atoms with Crippen LogP contribution in [0.1, 0.15) is 35.7 Å². The lowest BCUT2D eigenvalue weighted by Gasteiger charge is -2.27. The van der Waals surface area contributed by atoms with Gasteiger partial charge in [0.05, 0.1) is 0 Å². The summed E-state index contributed by atoms with van der Waals surface area (Å²) in [6.45, 7) is 3.75. The van der Waals surface area contributed by atoms with Gasteiger partial charge in [0.25, 0.3) is 0 Å². The number of fused-ring (bicyclic) bond motifs is 1. The summed E-state index contributed by atoms with van der Waals surface area (Å²) in [5.74, 6) is 0.265. The third-order valence-corrected chi connectivity index (χ3v) is 4.33. The van der Waals surface area contributed by atoms with Crippen molar-refractivity contribution in [2.45, 2.75) is 39.2 Å². The largest absolute Gasteiger partial charge is 0.365 e. The number of rotatable bonds is 4. The third kappa shape index (κ3) is 3.18. The Morgan fingerprint density at radius 3 is 2.71 bits per heavy atom. The van der Waals surface area contributed by atoms with Crippen molar-refractivity contribution in [2.24, 2.45) is 0 Å². The summed E-state index contributed by atoms with van der Waals surface area (Å²) < 4.78 is 0. The Labute approximate surface area is 126 Å². The second kappa shape index (κ2) is 6.17. The molecule has 1 aliphatic heterocycles. The molecule has 3 rings (SSSR count). The molecule has 1 aliphatic rings. The van der Waals surface area contributed by atoms with Crippen LogP contribution in [0.4, 0.5) is 0 Å². The van der Waals surface area contributed by atoms with Crippen LogP contribution in [-0.4, -0.2) is 22.3 Å². The van der Waals surface area contributed by atoms with E-state index in [-0.39, 0.29) is 5.91 Å². The van der Waals surface area contributed by atoms with Gasteiger partial charge in [-0.3, -0.25) is 4.79 Å². The molecule has 0 aliphatic carbocycles. The Hall–Kier alpha value is -2.03. The molecule has 0 atom stereocenters. The number of hydrogen-bond acceptors (Lipinski definition) is 1. The van der Waals surface area contributed by atoms with Gasteiger partial charge in [-0.25, -0.2) is 0 Å². The molecule has 1 N–H and O–H groups in total. The molecule has 1 aromatic carbocycles. The number of H-pyrrole nitrogens is 1. The lowest BCUT2D eigenvalue weighted by atomic mass is 10.0. The highest BCUT2D eigenvalue weighted by atomic mass is 16.2. The van der Waals surface area contributed by atoms with E-state index in [1.165, 1.54) is 22.4 Å². The second-order valence-corrected chi connectivity index (χ2v) is 5.72. The highest BCUT2D eigenvalue weighted by Crippen LogP contribution is 2.18. The molecule has 1 aromatic heterocycles. The fourth-order valence-electron chi connectivity index (χ4n) is 2.91. The summed E-state index contributed by atoms with van der Waals surface area (Å²) in [4.78, 5) is 17.6. The van der Waals surface area contributed by atoms with Gasteiger partial charge in [0.2, 0.25) is 5.91 Å². The molecule has 1 amide bonds. The maximum atomic E-state index is 12.3. The van der Waals surface area contributed by atoms with Crippen LogP contribution in [0, 0.1) is 0 Å². The first-order chi connectivity index (χ1) is 10.3. The number of aromatic nitrogens is 1. The first-order valence-electron chi connectivity index (χ1n) is 7.77. The van der Waals surface area contributed by atoms with E-state index in [1.807, 2.05) is 11.1 Å². The molecule has 110 valence electrons. The van der Waals surface area contributed by atoms with Gasteiger partial charge in [0.1, 0.15) is 0 Å². The maximum absolute atomic E-state index is 12.3. The van der Waals surface area contributed by atoms with Crippen LogP contribution >= 0.6 is 0 Å². The number of hydrogen-bond donors (Lipinski definition) is 1. The van der Waals surface area contributed by atoms with E-state index in [2.05, 4.69) is 42.2 Å². The SMILES string of the molecule is CCc1ccc(CCC(=O)N2CCc3[nH]ccc3C2)cc1. The van der Waals surface area contributed by atoms with Gasteiger partial charge in [-0.15, -0.1) is 0 Å². The van der Waals surface area contributed by atoms with Crippen molar-refractivity contribution in [3.8, 4) is 0 Å². The van der Waals surface area contributed by atoms with Crippen molar-refractivity contribution >= 4 is 5.91 Å². The molecule has 2 aromatic rings. The molecule has 0 saturated carbocycles. The smallest absolute Gasteiger partial charge is 0.223 e. The van der Waals surface area contributed by atoms with Crippen molar-refractivity contribution in [1.29, 1.82) is 0 Å². The maximum Gasteiger partial charge on any atom is 0.223 e. The third-order valence-electron chi connectivity index (χ3n) is 4.33. The van der Waals surface area contributed by atoms with Crippen LogP contribution in [0.5, 0.6) is 0 Å². The molecular formula is C18H22N2O. The summed E-state index contributed by atoms with van der Waals surface area (Å²) in [7, 11) is 0. The van der Waals surface area contributed by atoms with Crippen LogP contribution in [0.25, 0.3) is 0 Å². The predicted molar refractivity (Wildman–Crippen MR) is 84.1 cm³/mol. The molecular weight excluding hydrogens is 260 g/mol. The van der Waals surface area contributed by atoms with Crippen LogP contribution < -0.4 is 0 Å². The standard InChI is InChI=1S/C18H22N2O/c1-2-14-3-5-15(6-4-14)7-8-18(21)20-12-10-17-16(13-20)9-11-19-17/h3-6,9,11,19H,2,7-8,10,12-13H2,1H3. The molecule has 21 heavy (non-hydrogen) atoms. The number of carbonyl (C=O) groups excluding carboxylic acids is 1. The minimum absolute atomic E-state index is 0.265. The van der Waals surface area contributed by atoms with Crippen molar-refractivity contribution in [3.63, 3.8) is 0 Å². The molecule has 0 spiro atoms. The van der Waals surface area contributed by atoms with Crippen molar-refractivity contribution in [3.05, 3.63) is 58.9 Å². The van der Waals surface area contributed by atoms with Crippen LogP contribution in [0.3, 0.4) is 0 Å². The minimum atomic E-state index is 0.265. The van der Waals surface area contributed by atoms with E-state index in [0.717, 1.165) is 32.4 Å². The van der Waals surface area contributed by atoms with Gasteiger partial charge >= 0.3 is 0 Å². The molecule has 0 radical (unpaired) electrons. The topological polar surface area (TPSA) is 36.1 Å². The van der Waals surface area contributed by atoms with Crippen molar-refractivity contribution in [1.82, 2.24) is 9.88 Å². The fraction of sp³-hybridized carbons (Fsp3) is 0.389. The highest BCUT2D eigenvalue weighted by molar-refractivity contribution is 5.76. The Morgan fingerprint density at radius 2 is 1.95 bits per heavy atom. The average Bonchev–Trinajstić information content (AvgIpc) is 3.00. The molecule has 0 bridgehead atoms. The molecule has 3 heteroatoms. The normalized spacial score (nSPS) is 14.0. The van der Waals surface area contributed by atoms with Crippen LogP contribution in [-0.2, 0) is 30.6 Å². The number of amides is 1. The molecule has 0 fully saturated rings. The number of nitrogens with zero attached hydrogens (tertiary/aromatic N) is 1. The minimum Gasteiger partial charge on any atom is -0.365 e. The number of benzene rings is 1. The van der Waals surface area contributed by atoms with Gasteiger partial charge in [0, 0.05) is 37.8 Å². The van der Waals surface area contributed by atoms with Crippen molar-refractivity contribution in [2.75, 3.05) is 6.54 Å². The average molecular weight is 282 g/mol. The predicted octanol–water partition coefficient (Wildman–Crippen LogP) is 3.09. The van der Waals surface area contributed by atoms with Gasteiger partial charge in [-0.05, 0) is 35.6 Å². The van der Waals surface area contributed by atoms with Gasteiger partial charge in [-0.2, -0.15) is 0 Å². The zero-order chi connectivity index (χ0) is 14.7. The number of nitrogens with one attached hydrogen (secondary N) is 1. The summed E-state index contributed by atoms with van der Waals surface area (Å²) in [6, 6.07) is 10.7. The molecule has 2 heterocycles. The van der Waals surface area contributed by atoms with Crippen LogP contribution in [0.2, 0.25) is 0 Å². The molecule has 3 nitrogen and oxygen atoms in total. The Balaban J connectivity index is 1.54. The molecule has 0 saturated heterocycles. The number of aromatic amines is 1. The van der Waals surface area contributed by atoms with Gasteiger partial charge < -0.3 is 9.88 Å². The summed E-state index contributed by atoms with van der Waals surface area (Å²) in [6.07, 6.45) is 5.41. The first kappa shape index (κ1) is 13.9. The Morgan fingerprint density at radius 1 is 1.19 bits per heavy atom. The second-order valence-electron chi connectivity index (χ2n) is 5.72. The zero-order valence-electron chi connectivity index (χ0n) is 12.6. The molecule has 0 unspecified atom stereocenters. The van der Waals surface area contributed by atoms with E-state index in [4.69, 9.17) is 0 Å². The van der Waals surface area contributed by atoms with E-state index < -0.39 is 0 Å². The van der Waals surface area contributed by atoms with E-state index in [0.29, 0.717) is 6.42 Å². The van der Waals surface area contributed by atoms with E-state index >= 15 is 0 Å². The quantitative estimate of drug-likeness (QED) is 0.919.